The number of hydrogen-bond acceptors (Lipinski definition) is 8. The van der Waals surface area contributed by atoms with E-state index in [1.54, 1.807) is 12.1 Å². The van der Waals surface area contributed by atoms with E-state index in [0.29, 0.717) is 40.9 Å². The monoisotopic (exact) mass is 532 g/mol. The molecular weight excluding hydrogens is 496 g/mol. The number of carbonyl (C=O) groups excluding carboxylic acids is 1. The minimum absolute atomic E-state index is 0.00890. The van der Waals surface area contributed by atoms with Gasteiger partial charge in [-0.1, -0.05) is 32.9 Å². The summed E-state index contributed by atoms with van der Waals surface area (Å²) < 4.78 is 5.44. The van der Waals surface area contributed by atoms with E-state index in [1.807, 2.05) is 24.3 Å². The minimum atomic E-state index is -0.611. The zero-order valence-electron chi connectivity index (χ0n) is 22.5. The van der Waals surface area contributed by atoms with Gasteiger partial charge in [-0.2, -0.15) is 0 Å². The molecule has 0 fully saturated rings. The summed E-state index contributed by atoms with van der Waals surface area (Å²) in [5.74, 6) is 0.900. The molecule has 206 valence electrons. The quantitative estimate of drug-likeness (QED) is 0.153. The van der Waals surface area contributed by atoms with E-state index >= 15 is 0 Å². The zero-order valence-corrected chi connectivity index (χ0v) is 22.5. The summed E-state index contributed by atoms with van der Waals surface area (Å²) in [7, 11) is 0. The molecule has 0 aliphatic heterocycles. The van der Waals surface area contributed by atoms with E-state index in [9.17, 15) is 9.90 Å². The molecule has 0 saturated heterocycles. The largest absolute Gasteiger partial charge is 0.491 e. The topological polar surface area (TPSA) is 158 Å². The van der Waals surface area contributed by atoms with Crippen molar-refractivity contribution < 1.29 is 19.7 Å². The molecule has 1 amide bonds. The summed E-state index contributed by atoms with van der Waals surface area (Å²) in [6, 6.07) is 13.3. The molecule has 2 heterocycles. The van der Waals surface area contributed by atoms with E-state index in [-0.39, 0.29) is 31.4 Å². The zero-order chi connectivity index (χ0) is 27.9. The Kier molecular flexibility index (Phi) is 9.13. The van der Waals surface area contributed by atoms with Crippen LogP contribution in [0.1, 0.15) is 42.3 Å². The third-order valence-corrected chi connectivity index (χ3v) is 6.71. The molecule has 2 aromatic heterocycles. The first kappa shape index (κ1) is 28.0. The summed E-state index contributed by atoms with van der Waals surface area (Å²) in [5.41, 5.74) is 11.3. The molecule has 0 radical (unpaired) electrons. The van der Waals surface area contributed by atoms with Crippen LogP contribution in [0.5, 0.6) is 5.75 Å². The second kappa shape index (κ2) is 12.7. The lowest BCUT2D eigenvalue weighted by molar-refractivity contribution is 0.100. The van der Waals surface area contributed by atoms with Crippen LogP contribution in [0.15, 0.2) is 48.7 Å². The molecule has 1 atom stereocenters. The van der Waals surface area contributed by atoms with Gasteiger partial charge in [-0.15, -0.1) is 0 Å². The molecule has 7 N–H and O–H groups in total. The number of fused-ring (bicyclic) bond motifs is 1. The van der Waals surface area contributed by atoms with Crippen LogP contribution in [0.3, 0.4) is 0 Å². The Morgan fingerprint density at radius 3 is 2.56 bits per heavy atom. The number of nitrogens with one attached hydrogen (secondary N) is 3. The number of H-pyrrole nitrogens is 1. The molecule has 0 saturated carbocycles. The summed E-state index contributed by atoms with van der Waals surface area (Å²) >= 11 is 0. The predicted octanol–water partition coefficient (Wildman–Crippen LogP) is 3.51. The molecule has 0 spiro atoms. The number of pyridine rings is 1. The number of primary amides is 1. The highest BCUT2D eigenvalue weighted by Crippen LogP contribution is 2.32. The van der Waals surface area contributed by atoms with Crippen molar-refractivity contribution in [2.45, 2.75) is 39.8 Å². The first-order valence-corrected chi connectivity index (χ1v) is 13.1. The normalized spacial score (nSPS) is 12.2. The maximum atomic E-state index is 12.4. The third-order valence-electron chi connectivity index (χ3n) is 6.71. The van der Waals surface area contributed by atoms with Crippen LogP contribution >= 0.6 is 0 Å². The van der Waals surface area contributed by atoms with E-state index in [4.69, 9.17) is 20.6 Å². The number of anilines is 2. The maximum Gasteiger partial charge on any atom is 0.252 e. The van der Waals surface area contributed by atoms with E-state index < -0.39 is 5.91 Å². The van der Waals surface area contributed by atoms with Crippen LogP contribution in [-0.4, -0.2) is 56.9 Å². The summed E-state index contributed by atoms with van der Waals surface area (Å²) in [5, 5.41) is 25.6. The molecule has 0 aliphatic carbocycles. The Bertz CT molecular complexity index is 1420. The van der Waals surface area contributed by atoms with E-state index in [2.05, 4.69) is 47.4 Å². The standard InChI is InChI=1S/C29H36N6O4/c1-4-21-19(14-31-24(16-37)17(2)3)6-5-7-23(21)33-25-22(27(30)38)15-32-29-26(25)34-28(35-29)18-8-10-20(11-9-18)39-13-12-36/h5-11,15,17,24,31,36-37H,4,12-14,16H2,1-3H3,(H2,30,38)(H2,32,33,34,35). The number of hydrogen-bond donors (Lipinski definition) is 6. The number of benzene rings is 2. The fourth-order valence-electron chi connectivity index (χ4n) is 4.50. The average molecular weight is 533 g/mol. The highest BCUT2D eigenvalue weighted by atomic mass is 16.5. The molecule has 0 bridgehead atoms. The van der Waals surface area contributed by atoms with Crippen LogP contribution in [0.25, 0.3) is 22.6 Å². The lowest BCUT2D eigenvalue weighted by atomic mass is 10.0. The number of nitrogens with two attached hydrogens (primary N) is 1. The van der Waals surface area contributed by atoms with Crippen molar-refractivity contribution in [3.05, 3.63) is 65.4 Å². The number of rotatable bonds is 13. The van der Waals surface area contributed by atoms with Gasteiger partial charge < -0.3 is 36.3 Å². The van der Waals surface area contributed by atoms with Crippen LogP contribution < -0.4 is 21.1 Å². The van der Waals surface area contributed by atoms with Gasteiger partial charge >= 0.3 is 0 Å². The molecule has 10 heteroatoms. The fraction of sp³-hybridized carbons (Fsp3) is 0.345. The van der Waals surface area contributed by atoms with Crippen molar-refractivity contribution in [2.75, 3.05) is 25.1 Å². The van der Waals surface area contributed by atoms with Crippen molar-refractivity contribution in [3.8, 4) is 17.1 Å². The number of aromatic amines is 1. The van der Waals surface area contributed by atoms with Crippen molar-refractivity contribution in [2.24, 2.45) is 11.7 Å². The maximum absolute atomic E-state index is 12.4. The summed E-state index contributed by atoms with van der Waals surface area (Å²) in [4.78, 5) is 24.8. The molecule has 2 aromatic carbocycles. The van der Waals surface area contributed by atoms with Gasteiger partial charge in [-0.05, 0) is 53.8 Å². The first-order chi connectivity index (χ1) is 18.9. The number of ether oxygens (including phenoxy) is 1. The van der Waals surface area contributed by atoms with Gasteiger partial charge in [-0.3, -0.25) is 4.79 Å². The highest BCUT2D eigenvalue weighted by molar-refractivity contribution is 6.06. The Labute approximate surface area is 227 Å². The van der Waals surface area contributed by atoms with Crippen molar-refractivity contribution in [1.82, 2.24) is 20.3 Å². The van der Waals surface area contributed by atoms with Gasteiger partial charge in [0.25, 0.3) is 5.91 Å². The number of nitrogens with zero attached hydrogens (tertiary/aromatic N) is 2. The highest BCUT2D eigenvalue weighted by Gasteiger charge is 2.20. The van der Waals surface area contributed by atoms with Crippen LogP contribution in [-0.2, 0) is 13.0 Å². The van der Waals surface area contributed by atoms with Gasteiger partial charge in [-0.25, -0.2) is 9.97 Å². The number of aliphatic hydroxyl groups is 2. The Morgan fingerprint density at radius 2 is 1.92 bits per heavy atom. The Morgan fingerprint density at radius 1 is 1.15 bits per heavy atom. The van der Waals surface area contributed by atoms with E-state index in [1.165, 1.54) is 6.20 Å². The molecular formula is C29H36N6O4. The fourth-order valence-corrected chi connectivity index (χ4v) is 4.50. The Balaban J connectivity index is 1.70. The number of carbonyl (C=O) groups is 1. The molecule has 1 unspecified atom stereocenters. The average Bonchev–Trinajstić information content (AvgIpc) is 3.37. The number of imidazole rings is 1. The second-order valence-corrected chi connectivity index (χ2v) is 9.63. The van der Waals surface area contributed by atoms with Crippen LogP contribution in [0, 0.1) is 5.92 Å². The van der Waals surface area contributed by atoms with Gasteiger partial charge in [0.1, 0.15) is 23.7 Å². The molecule has 4 aromatic rings. The molecule has 0 aliphatic rings. The van der Waals surface area contributed by atoms with Gasteiger partial charge in [0, 0.05) is 30.0 Å². The molecule has 4 rings (SSSR count). The Hall–Kier alpha value is -3.99. The lowest BCUT2D eigenvalue weighted by Crippen LogP contribution is -2.36. The number of aliphatic hydroxyl groups excluding tert-OH is 2. The van der Waals surface area contributed by atoms with Gasteiger partial charge in [0.05, 0.1) is 24.5 Å². The number of amides is 1. The van der Waals surface area contributed by atoms with Crippen molar-refractivity contribution in [3.63, 3.8) is 0 Å². The van der Waals surface area contributed by atoms with Crippen LogP contribution in [0.4, 0.5) is 11.4 Å². The predicted molar refractivity (Wildman–Crippen MR) is 152 cm³/mol. The minimum Gasteiger partial charge on any atom is -0.491 e. The van der Waals surface area contributed by atoms with Gasteiger partial charge in [0.15, 0.2) is 5.65 Å². The third kappa shape index (κ3) is 6.36. The lowest BCUT2D eigenvalue weighted by Gasteiger charge is -2.22. The number of aromatic nitrogens is 3. The van der Waals surface area contributed by atoms with E-state index in [0.717, 1.165) is 28.8 Å². The smallest absolute Gasteiger partial charge is 0.252 e. The van der Waals surface area contributed by atoms with Crippen molar-refractivity contribution in [1.29, 1.82) is 0 Å². The summed E-state index contributed by atoms with van der Waals surface area (Å²) in [6.07, 6.45) is 2.20. The first-order valence-electron chi connectivity index (χ1n) is 13.1. The molecule has 10 nitrogen and oxygen atoms in total. The summed E-state index contributed by atoms with van der Waals surface area (Å²) in [6.45, 7) is 7.04. The van der Waals surface area contributed by atoms with Crippen LogP contribution in [0.2, 0.25) is 0 Å². The van der Waals surface area contributed by atoms with Gasteiger partial charge in [0.2, 0.25) is 0 Å². The van der Waals surface area contributed by atoms with Crippen molar-refractivity contribution >= 4 is 28.4 Å². The molecule has 39 heavy (non-hydrogen) atoms. The second-order valence-electron chi connectivity index (χ2n) is 9.63. The SMILES string of the molecule is CCc1c(CNC(CO)C(C)C)cccc1Nc1c(C(N)=O)cnc2[nH]c(-c3ccc(OCCO)cc3)nc12.